The normalized spacial score (nSPS) is 25.0. The van der Waals surface area contributed by atoms with E-state index in [2.05, 4.69) is 16.7 Å². The van der Waals surface area contributed by atoms with Crippen molar-refractivity contribution in [2.24, 2.45) is 5.92 Å². The summed E-state index contributed by atoms with van der Waals surface area (Å²) in [6, 6.07) is 9.79. The topological polar surface area (TPSA) is 78.1 Å². The molecule has 2 bridgehead atoms. The number of carbonyl (C=O) groups is 1. The summed E-state index contributed by atoms with van der Waals surface area (Å²) in [5.74, 6) is 0.370. The van der Waals surface area contributed by atoms with Gasteiger partial charge in [-0.05, 0) is 48.9 Å². The summed E-state index contributed by atoms with van der Waals surface area (Å²) in [5, 5.41) is 15.5. The summed E-state index contributed by atoms with van der Waals surface area (Å²) in [7, 11) is 0. The van der Waals surface area contributed by atoms with Gasteiger partial charge in [0.15, 0.2) is 0 Å². The second-order valence-corrected chi connectivity index (χ2v) is 7.09. The maximum Gasteiger partial charge on any atom is 0.238 e. The molecule has 2 aromatic rings. The van der Waals surface area contributed by atoms with Gasteiger partial charge in [-0.25, -0.2) is 4.39 Å². The van der Waals surface area contributed by atoms with Crippen LogP contribution >= 0.6 is 0 Å². The molecule has 1 aromatic heterocycles. The average molecular weight is 353 g/mol. The Morgan fingerprint density at radius 1 is 1.42 bits per heavy atom. The van der Waals surface area contributed by atoms with Gasteiger partial charge in [-0.3, -0.25) is 4.79 Å². The molecule has 4 atom stereocenters. The molecule has 2 fully saturated rings. The number of nitrogens with zero attached hydrogens (tertiary/aromatic N) is 1. The first kappa shape index (κ1) is 16.8. The molecule has 1 amide bonds. The highest BCUT2D eigenvalue weighted by Crippen LogP contribution is 2.35. The highest BCUT2D eigenvalue weighted by Gasteiger charge is 2.43. The van der Waals surface area contributed by atoms with Gasteiger partial charge in [0, 0.05) is 18.0 Å². The monoisotopic (exact) mass is 353 g/mol. The van der Waals surface area contributed by atoms with E-state index in [0.29, 0.717) is 28.8 Å². The molecule has 1 aliphatic heterocycles. The van der Waals surface area contributed by atoms with Gasteiger partial charge in [-0.2, -0.15) is 5.26 Å². The number of halogens is 1. The third kappa shape index (κ3) is 3.23. The third-order valence-corrected chi connectivity index (χ3v) is 5.40. The molecule has 26 heavy (non-hydrogen) atoms. The number of piperidine rings is 1. The Balaban J connectivity index is 1.42. The maximum absolute atomic E-state index is 14.4. The average Bonchev–Trinajstić information content (AvgIpc) is 3.40. The fourth-order valence-corrected chi connectivity index (χ4v) is 4.07. The highest BCUT2D eigenvalue weighted by molar-refractivity contribution is 5.83. The molecule has 5 nitrogen and oxygen atoms in total. The van der Waals surface area contributed by atoms with E-state index in [-0.39, 0.29) is 18.4 Å². The van der Waals surface area contributed by atoms with Crippen molar-refractivity contribution in [3.63, 3.8) is 0 Å². The van der Waals surface area contributed by atoms with Crippen molar-refractivity contribution < 1.29 is 13.6 Å². The Kier molecular flexibility index (Phi) is 4.48. The quantitative estimate of drug-likeness (QED) is 0.866. The minimum atomic E-state index is -0.757. The minimum Gasteiger partial charge on any atom is -0.464 e. The van der Waals surface area contributed by atoms with Gasteiger partial charge in [-0.1, -0.05) is 12.1 Å². The Morgan fingerprint density at radius 3 is 2.92 bits per heavy atom. The first-order valence-electron chi connectivity index (χ1n) is 8.92. The Hall–Kier alpha value is -2.65. The molecule has 0 spiro atoms. The van der Waals surface area contributed by atoms with Gasteiger partial charge in [0.05, 0.1) is 18.4 Å². The first-order chi connectivity index (χ1) is 12.6. The summed E-state index contributed by atoms with van der Waals surface area (Å²) in [5.41, 5.74) is 1.04. The van der Waals surface area contributed by atoms with Gasteiger partial charge in [0.25, 0.3) is 0 Å². The van der Waals surface area contributed by atoms with Gasteiger partial charge >= 0.3 is 0 Å². The van der Waals surface area contributed by atoms with Crippen LogP contribution in [0.1, 0.15) is 24.8 Å². The standard InChI is InChI=1S/C20H20FN3O2/c21-17-10-13(18-2-1-7-26-18)4-3-12(17)8-16(11-22)24-20(25)19-14-5-6-15(9-14)23-19/h1-4,7,10,14-16,19,23H,5-6,8-9H2,(H,24,25)/t14?,15-,16+,19?/m1/s1. The zero-order chi connectivity index (χ0) is 18.1. The SMILES string of the molecule is N#C[C@H](Cc1ccc(-c2ccco2)cc1F)NC(=O)C1N[C@@H]2CCC1C2. The van der Waals surface area contributed by atoms with Crippen LogP contribution in [0.5, 0.6) is 0 Å². The second-order valence-electron chi connectivity index (χ2n) is 7.09. The smallest absolute Gasteiger partial charge is 0.238 e. The van der Waals surface area contributed by atoms with Crippen molar-refractivity contribution in [2.75, 3.05) is 0 Å². The predicted molar refractivity (Wildman–Crippen MR) is 93.4 cm³/mol. The largest absolute Gasteiger partial charge is 0.464 e. The molecule has 4 rings (SSSR count). The number of rotatable bonds is 5. The summed E-state index contributed by atoms with van der Waals surface area (Å²) in [6.45, 7) is 0. The number of hydrogen-bond donors (Lipinski definition) is 2. The lowest BCUT2D eigenvalue weighted by atomic mass is 9.98. The lowest BCUT2D eigenvalue weighted by molar-refractivity contribution is -0.124. The van der Waals surface area contributed by atoms with E-state index < -0.39 is 11.9 Å². The molecule has 2 aliphatic rings. The number of amides is 1. The number of furan rings is 1. The molecule has 6 heteroatoms. The van der Waals surface area contributed by atoms with Gasteiger partial charge < -0.3 is 15.1 Å². The van der Waals surface area contributed by atoms with Crippen LogP contribution in [0, 0.1) is 23.1 Å². The zero-order valence-corrected chi connectivity index (χ0v) is 14.2. The Bertz CT molecular complexity index is 843. The van der Waals surface area contributed by atoms with E-state index in [1.807, 2.05) is 0 Å². The molecule has 0 radical (unpaired) electrons. The fraction of sp³-hybridized carbons (Fsp3) is 0.400. The van der Waals surface area contributed by atoms with E-state index in [1.54, 1.807) is 24.3 Å². The van der Waals surface area contributed by atoms with Gasteiger partial charge in [0.1, 0.15) is 17.6 Å². The molecular formula is C20H20FN3O2. The van der Waals surface area contributed by atoms with E-state index in [1.165, 1.54) is 12.3 Å². The number of nitriles is 1. The Labute approximate surface area is 151 Å². The lowest BCUT2D eigenvalue weighted by Crippen LogP contribution is -2.50. The Morgan fingerprint density at radius 2 is 2.31 bits per heavy atom. The van der Waals surface area contributed by atoms with E-state index in [9.17, 15) is 14.4 Å². The second kappa shape index (κ2) is 6.93. The van der Waals surface area contributed by atoms with Crippen molar-refractivity contribution in [2.45, 2.75) is 43.8 Å². The summed E-state index contributed by atoms with van der Waals surface area (Å²) < 4.78 is 19.7. The van der Waals surface area contributed by atoms with E-state index in [0.717, 1.165) is 19.3 Å². The molecule has 1 aliphatic carbocycles. The first-order valence-corrected chi connectivity index (χ1v) is 8.92. The molecule has 134 valence electrons. The molecule has 1 aromatic carbocycles. The minimum absolute atomic E-state index is 0.132. The summed E-state index contributed by atoms with van der Waals surface area (Å²) in [6.07, 6.45) is 4.86. The lowest BCUT2D eigenvalue weighted by Gasteiger charge is -2.23. The van der Waals surface area contributed by atoms with Crippen LogP contribution in [-0.4, -0.2) is 24.0 Å². The molecule has 1 saturated carbocycles. The van der Waals surface area contributed by atoms with Crippen molar-refractivity contribution >= 4 is 5.91 Å². The summed E-state index contributed by atoms with van der Waals surface area (Å²) in [4.78, 5) is 12.5. The van der Waals surface area contributed by atoms with E-state index >= 15 is 0 Å². The van der Waals surface area contributed by atoms with Crippen LogP contribution in [0.25, 0.3) is 11.3 Å². The van der Waals surface area contributed by atoms with Gasteiger partial charge in [0.2, 0.25) is 5.91 Å². The van der Waals surface area contributed by atoms with Crippen molar-refractivity contribution in [1.82, 2.24) is 10.6 Å². The van der Waals surface area contributed by atoms with Crippen LogP contribution in [0.15, 0.2) is 41.0 Å². The van der Waals surface area contributed by atoms with Crippen LogP contribution in [0.4, 0.5) is 4.39 Å². The van der Waals surface area contributed by atoms with Crippen molar-refractivity contribution in [1.29, 1.82) is 5.26 Å². The van der Waals surface area contributed by atoms with Crippen LogP contribution in [-0.2, 0) is 11.2 Å². The molecule has 2 unspecified atom stereocenters. The van der Waals surface area contributed by atoms with Crippen molar-refractivity contribution in [3.05, 3.63) is 48.0 Å². The van der Waals surface area contributed by atoms with Crippen LogP contribution in [0.3, 0.4) is 0 Å². The third-order valence-electron chi connectivity index (χ3n) is 5.40. The maximum atomic E-state index is 14.4. The van der Waals surface area contributed by atoms with Crippen LogP contribution in [0.2, 0.25) is 0 Å². The number of carbonyl (C=O) groups excluding carboxylic acids is 1. The number of nitrogens with one attached hydrogen (secondary N) is 2. The van der Waals surface area contributed by atoms with Gasteiger partial charge in [-0.15, -0.1) is 0 Å². The zero-order valence-electron chi connectivity index (χ0n) is 14.2. The molecule has 2 heterocycles. The number of hydrogen-bond acceptors (Lipinski definition) is 4. The predicted octanol–water partition coefficient (Wildman–Crippen LogP) is 2.78. The molecular weight excluding hydrogens is 333 g/mol. The van der Waals surface area contributed by atoms with Crippen molar-refractivity contribution in [3.8, 4) is 17.4 Å². The highest BCUT2D eigenvalue weighted by atomic mass is 19.1. The summed E-state index contributed by atoms with van der Waals surface area (Å²) >= 11 is 0. The molecule has 2 N–H and O–H groups in total. The molecule has 1 saturated heterocycles. The number of benzene rings is 1. The van der Waals surface area contributed by atoms with E-state index in [4.69, 9.17) is 4.42 Å². The fourth-order valence-electron chi connectivity index (χ4n) is 4.07. The van der Waals surface area contributed by atoms with Crippen LogP contribution < -0.4 is 10.6 Å². The number of fused-ring (bicyclic) bond motifs is 2.